The maximum atomic E-state index is 15.5. The number of hydrogen-bond acceptors (Lipinski definition) is 13. The molecule has 10 atom stereocenters. The lowest BCUT2D eigenvalue weighted by atomic mass is 9.95. The highest BCUT2D eigenvalue weighted by Crippen LogP contribution is 2.33. The average molecular weight is 602 g/mol. The number of nitrogens with one attached hydrogen (secondary N) is 1. The fourth-order valence-electron chi connectivity index (χ4n) is 4.62. The van der Waals surface area contributed by atoms with Crippen LogP contribution in [0.5, 0.6) is 0 Å². The number of aliphatic hydroxyl groups excluding tert-OH is 2. The van der Waals surface area contributed by atoms with Crippen LogP contribution >= 0.6 is 0 Å². The van der Waals surface area contributed by atoms with Gasteiger partial charge in [-0.15, -0.1) is 0 Å². The number of aliphatic hydroxyl groups is 2. The first-order valence-corrected chi connectivity index (χ1v) is 13.2. The highest BCUT2D eigenvalue weighted by molar-refractivity contribution is 5.73. The molecule has 14 nitrogen and oxygen atoms in total. The smallest absolute Gasteiger partial charge is 0.303 e. The third-order valence-electron chi connectivity index (χ3n) is 6.40. The highest BCUT2D eigenvalue weighted by atomic mass is 19.1. The Kier molecular flexibility index (Phi) is 12.1. The number of esters is 3. The SMILES string of the molecule is CC(=O)N[C@H]1[C@@H](OCc2ccccc2)O[C@H](CO)[C@H](O)[C@@H]1O[C@@H]1O[C@H](COC(C)=O)[C@H](F)[C@H](OC(C)=O)[C@H]1OC(C)=O. The molecule has 234 valence electrons. The van der Waals surface area contributed by atoms with E-state index in [9.17, 15) is 29.4 Å². The summed E-state index contributed by atoms with van der Waals surface area (Å²) in [5.41, 5.74) is 0.754. The number of halogens is 1. The minimum atomic E-state index is -2.13. The van der Waals surface area contributed by atoms with Crippen LogP contribution in [0.25, 0.3) is 0 Å². The number of alkyl halides is 1. The molecule has 0 aliphatic carbocycles. The Morgan fingerprint density at radius 3 is 2.07 bits per heavy atom. The Bertz CT molecular complexity index is 1080. The Morgan fingerprint density at radius 1 is 0.881 bits per heavy atom. The van der Waals surface area contributed by atoms with Gasteiger partial charge in [0.2, 0.25) is 5.91 Å². The summed E-state index contributed by atoms with van der Waals surface area (Å²) in [6, 6.07) is 7.73. The Hall–Kier alpha value is -3.21. The molecule has 2 aliphatic rings. The van der Waals surface area contributed by atoms with Gasteiger partial charge in [-0.05, 0) is 5.56 Å². The van der Waals surface area contributed by atoms with Crippen LogP contribution in [-0.4, -0.2) is 109 Å². The molecule has 2 saturated heterocycles. The van der Waals surface area contributed by atoms with E-state index in [0.717, 1.165) is 26.3 Å². The predicted molar refractivity (Wildman–Crippen MR) is 137 cm³/mol. The quantitative estimate of drug-likeness (QED) is 0.221. The first-order chi connectivity index (χ1) is 19.9. The third-order valence-corrected chi connectivity index (χ3v) is 6.40. The molecule has 2 fully saturated rings. The van der Waals surface area contributed by atoms with Gasteiger partial charge in [-0.3, -0.25) is 19.2 Å². The van der Waals surface area contributed by atoms with E-state index >= 15 is 4.39 Å². The highest BCUT2D eigenvalue weighted by Gasteiger charge is 2.55. The molecule has 3 N–H and O–H groups in total. The summed E-state index contributed by atoms with van der Waals surface area (Å²) in [6.07, 6.45) is -14.5. The molecule has 2 heterocycles. The zero-order chi connectivity index (χ0) is 31.0. The zero-order valence-electron chi connectivity index (χ0n) is 23.5. The topological polar surface area (TPSA) is 185 Å². The number of ether oxygens (including phenoxy) is 7. The van der Waals surface area contributed by atoms with Crippen molar-refractivity contribution in [1.82, 2.24) is 5.32 Å². The van der Waals surface area contributed by atoms with E-state index in [2.05, 4.69) is 5.32 Å². The van der Waals surface area contributed by atoms with Gasteiger partial charge < -0.3 is 48.7 Å². The Labute approximate surface area is 241 Å². The summed E-state index contributed by atoms with van der Waals surface area (Å²) in [6.45, 7) is 3.05. The van der Waals surface area contributed by atoms with Crippen LogP contribution in [0.15, 0.2) is 30.3 Å². The minimum Gasteiger partial charge on any atom is -0.463 e. The molecule has 0 saturated carbocycles. The summed E-state index contributed by atoms with van der Waals surface area (Å²) in [5.74, 6) is -3.12. The second-order valence-corrected chi connectivity index (χ2v) is 9.78. The summed E-state index contributed by atoms with van der Waals surface area (Å²) < 4.78 is 54.2. The number of hydrogen-bond donors (Lipinski definition) is 3. The predicted octanol–water partition coefficient (Wildman–Crippen LogP) is -0.339. The molecule has 1 aromatic carbocycles. The Morgan fingerprint density at radius 2 is 1.50 bits per heavy atom. The lowest BCUT2D eigenvalue weighted by Gasteiger charge is -2.48. The first kappa shape index (κ1) is 33.3. The fraction of sp³-hybridized carbons (Fsp3) is 0.630. The second kappa shape index (κ2) is 15.3. The van der Waals surface area contributed by atoms with Crippen molar-refractivity contribution in [2.45, 2.75) is 95.7 Å². The molecule has 42 heavy (non-hydrogen) atoms. The average Bonchev–Trinajstić information content (AvgIpc) is 2.92. The van der Waals surface area contributed by atoms with Gasteiger partial charge in [-0.25, -0.2) is 4.39 Å². The van der Waals surface area contributed by atoms with E-state index < -0.39 is 98.4 Å². The van der Waals surface area contributed by atoms with Crippen LogP contribution < -0.4 is 5.32 Å². The number of amides is 1. The number of benzene rings is 1. The van der Waals surface area contributed by atoms with Crippen LogP contribution in [0.1, 0.15) is 33.3 Å². The van der Waals surface area contributed by atoms with Crippen molar-refractivity contribution in [3.63, 3.8) is 0 Å². The normalized spacial score (nSPS) is 32.8. The van der Waals surface area contributed by atoms with Crippen molar-refractivity contribution in [3.8, 4) is 0 Å². The molecule has 2 aliphatic heterocycles. The van der Waals surface area contributed by atoms with Crippen molar-refractivity contribution < 1.29 is 66.9 Å². The third kappa shape index (κ3) is 8.89. The van der Waals surface area contributed by atoms with Gasteiger partial charge in [0.15, 0.2) is 31.0 Å². The van der Waals surface area contributed by atoms with Gasteiger partial charge in [0.25, 0.3) is 0 Å². The van der Waals surface area contributed by atoms with E-state index in [1.165, 1.54) is 6.92 Å². The largest absolute Gasteiger partial charge is 0.463 e. The van der Waals surface area contributed by atoms with E-state index in [1.54, 1.807) is 24.3 Å². The number of carbonyl (C=O) groups is 4. The summed E-state index contributed by atoms with van der Waals surface area (Å²) in [5, 5.41) is 23.6. The molecule has 1 amide bonds. The van der Waals surface area contributed by atoms with Crippen molar-refractivity contribution in [2.24, 2.45) is 0 Å². The zero-order valence-corrected chi connectivity index (χ0v) is 23.5. The lowest BCUT2D eigenvalue weighted by molar-refractivity contribution is -0.342. The van der Waals surface area contributed by atoms with Crippen LogP contribution in [-0.2, 0) is 58.9 Å². The summed E-state index contributed by atoms with van der Waals surface area (Å²) in [4.78, 5) is 47.4. The summed E-state index contributed by atoms with van der Waals surface area (Å²) >= 11 is 0. The van der Waals surface area contributed by atoms with Crippen molar-refractivity contribution in [3.05, 3.63) is 35.9 Å². The van der Waals surface area contributed by atoms with E-state index in [4.69, 9.17) is 33.2 Å². The van der Waals surface area contributed by atoms with Gasteiger partial charge in [0.1, 0.15) is 37.1 Å². The van der Waals surface area contributed by atoms with Crippen molar-refractivity contribution in [2.75, 3.05) is 13.2 Å². The summed E-state index contributed by atoms with van der Waals surface area (Å²) in [7, 11) is 0. The van der Waals surface area contributed by atoms with Gasteiger partial charge in [-0.2, -0.15) is 0 Å². The molecule has 0 bridgehead atoms. The number of carbonyl (C=O) groups excluding carboxylic acids is 4. The number of rotatable bonds is 11. The standard InChI is InChI=1S/C27H36FNO13/c1-13(31)29-21-24(22(35)18(10-30)40-26(21)37-11-17-8-6-5-7-9-17)42-27-25(39-16(4)34)23(38-15(3)33)20(28)19(41-27)12-36-14(2)32/h5-9,18-27,30,35H,10-12H2,1-4H3,(H,29,31)/t18-,19-,20+,21-,22+,23+,24-,25-,26+,27+/m1/s1. The maximum Gasteiger partial charge on any atom is 0.303 e. The molecule has 0 aromatic heterocycles. The molecule has 0 unspecified atom stereocenters. The van der Waals surface area contributed by atoms with Crippen LogP contribution in [0.2, 0.25) is 0 Å². The van der Waals surface area contributed by atoms with Crippen molar-refractivity contribution >= 4 is 23.8 Å². The van der Waals surface area contributed by atoms with Gasteiger partial charge in [0.05, 0.1) is 13.2 Å². The van der Waals surface area contributed by atoms with Gasteiger partial charge in [0, 0.05) is 27.7 Å². The van der Waals surface area contributed by atoms with Gasteiger partial charge >= 0.3 is 17.9 Å². The van der Waals surface area contributed by atoms with E-state index in [1.807, 2.05) is 6.07 Å². The molecule has 0 radical (unpaired) electrons. The Balaban J connectivity index is 1.96. The first-order valence-electron chi connectivity index (χ1n) is 13.2. The molecule has 0 spiro atoms. The second-order valence-electron chi connectivity index (χ2n) is 9.78. The fourth-order valence-corrected chi connectivity index (χ4v) is 4.62. The van der Waals surface area contributed by atoms with E-state index in [0.29, 0.717) is 0 Å². The molecule has 1 aromatic rings. The van der Waals surface area contributed by atoms with Crippen LogP contribution in [0.3, 0.4) is 0 Å². The van der Waals surface area contributed by atoms with E-state index in [-0.39, 0.29) is 6.61 Å². The van der Waals surface area contributed by atoms with Gasteiger partial charge in [-0.1, -0.05) is 30.3 Å². The lowest BCUT2D eigenvalue weighted by Crippen LogP contribution is -2.68. The molecule has 3 rings (SSSR count). The molecular weight excluding hydrogens is 565 g/mol. The van der Waals surface area contributed by atoms with Crippen LogP contribution in [0.4, 0.5) is 4.39 Å². The monoisotopic (exact) mass is 601 g/mol. The minimum absolute atomic E-state index is 0.0150. The maximum absolute atomic E-state index is 15.5. The molecular formula is C27H36FNO13. The van der Waals surface area contributed by atoms with Crippen molar-refractivity contribution in [1.29, 1.82) is 0 Å². The van der Waals surface area contributed by atoms with Crippen LogP contribution in [0, 0.1) is 0 Å². The molecule has 15 heteroatoms.